The van der Waals surface area contributed by atoms with Gasteiger partial charge in [-0.3, -0.25) is 4.79 Å². The number of aryl methyl sites for hydroxylation is 1. The average Bonchev–Trinajstić information content (AvgIpc) is 2.28. The van der Waals surface area contributed by atoms with Crippen LogP contribution in [0.3, 0.4) is 0 Å². The minimum absolute atomic E-state index is 0.138. The molecule has 94 valence electrons. The Kier molecular flexibility index (Phi) is 3.50. The van der Waals surface area contributed by atoms with Gasteiger partial charge in [-0.2, -0.15) is 5.10 Å². The van der Waals surface area contributed by atoms with Crippen LogP contribution in [0.1, 0.15) is 24.4 Å². The van der Waals surface area contributed by atoms with Gasteiger partial charge < -0.3 is 5.73 Å². The number of rotatable bonds is 2. The lowest BCUT2D eigenvalue weighted by molar-refractivity contribution is 0.687. The molecule has 1 aromatic carbocycles. The maximum absolute atomic E-state index is 11.8. The van der Waals surface area contributed by atoms with Gasteiger partial charge in [-0.15, -0.1) is 0 Å². The number of nitrogens with zero attached hydrogens (tertiary/aromatic N) is 2. The summed E-state index contributed by atoms with van der Waals surface area (Å²) in [7, 11) is 0. The van der Waals surface area contributed by atoms with Crippen LogP contribution in [0.4, 0.5) is 0 Å². The summed E-state index contributed by atoms with van der Waals surface area (Å²) in [5.41, 5.74) is 7.50. The highest BCUT2D eigenvalue weighted by molar-refractivity contribution is 6.30. The normalized spacial score (nSPS) is 12.4. The second-order valence-electron chi connectivity index (χ2n) is 4.22. The van der Waals surface area contributed by atoms with Gasteiger partial charge in [0.25, 0.3) is 0 Å². The average molecular weight is 264 g/mol. The van der Waals surface area contributed by atoms with Crippen molar-refractivity contribution in [2.24, 2.45) is 5.73 Å². The van der Waals surface area contributed by atoms with Crippen molar-refractivity contribution in [1.29, 1.82) is 0 Å². The predicted molar refractivity (Wildman–Crippen MR) is 72.2 cm³/mol. The van der Waals surface area contributed by atoms with Gasteiger partial charge in [-0.1, -0.05) is 17.7 Å². The lowest BCUT2D eigenvalue weighted by Gasteiger charge is -2.12. The zero-order chi connectivity index (χ0) is 13.3. The topological polar surface area (TPSA) is 60.9 Å². The molecule has 4 nitrogen and oxygen atoms in total. The molecule has 0 bridgehead atoms. The standard InChI is InChI=1S/C13H14ClN3O/c1-8-6-12(18)13(9(2)15)16-17(8)11-5-3-4-10(14)7-11/h3-7,9H,15H2,1-2H3. The smallest absolute Gasteiger partial charge is 0.205 e. The van der Waals surface area contributed by atoms with Crippen molar-refractivity contribution in [3.63, 3.8) is 0 Å². The maximum Gasteiger partial charge on any atom is 0.205 e. The maximum atomic E-state index is 11.8. The Morgan fingerprint density at radius 3 is 2.72 bits per heavy atom. The van der Waals surface area contributed by atoms with E-state index in [4.69, 9.17) is 17.3 Å². The fourth-order valence-corrected chi connectivity index (χ4v) is 1.93. The van der Waals surface area contributed by atoms with Crippen LogP contribution in [-0.4, -0.2) is 9.78 Å². The fourth-order valence-electron chi connectivity index (χ4n) is 1.75. The highest BCUT2D eigenvalue weighted by Crippen LogP contribution is 2.15. The summed E-state index contributed by atoms with van der Waals surface area (Å²) in [5, 5.41) is 4.92. The molecule has 5 heteroatoms. The van der Waals surface area contributed by atoms with E-state index in [0.717, 1.165) is 11.4 Å². The highest BCUT2D eigenvalue weighted by Gasteiger charge is 2.10. The zero-order valence-corrected chi connectivity index (χ0v) is 11.0. The largest absolute Gasteiger partial charge is 0.323 e. The molecular formula is C13H14ClN3O. The Labute approximate surface area is 110 Å². The number of hydrogen-bond acceptors (Lipinski definition) is 3. The van der Waals surface area contributed by atoms with Crippen LogP contribution in [-0.2, 0) is 0 Å². The molecule has 0 aliphatic heterocycles. The first-order chi connectivity index (χ1) is 8.49. The number of nitrogens with two attached hydrogens (primary N) is 1. The minimum atomic E-state index is -0.400. The van der Waals surface area contributed by atoms with Crippen LogP contribution in [0.25, 0.3) is 5.69 Å². The molecule has 0 aliphatic rings. The van der Waals surface area contributed by atoms with E-state index in [1.165, 1.54) is 6.07 Å². The third-order valence-electron chi connectivity index (χ3n) is 2.62. The van der Waals surface area contributed by atoms with E-state index in [1.807, 2.05) is 19.1 Å². The molecule has 2 aromatic rings. The Bertz CT molecular complexity index is 634. The van der Waals surface area contributed by atoms with Crippen LogP contribution < -0.4 is 11.2 Å². The molecule has 0 radical (unpaired) electrons. The van der Waals surface area contributed by atoms with E-state index >= 15 is 0 Å². The highest BCUT2D eigenvalue weighted by atomic mass is 35.5. The summed E-state index contributed by atoms with van der Waals surface area (Å²) in [6.45, 7) is 3.56. The van der Waals surface area contributed by atoms with Gasteiger partial charge in [0.1, 0.15) is 5.69 Å². The van der Waals surface area contributed by atoms with E-state index in [0.29, 0.717) is 10.7 Å². The van der Waals surface area contributed by atoms with Gasteiger partial charge in [0.2, 0.25) is 5.43 Å². The second-order valence-corrected chi connectivity index (χ2v) is 4.65. The van der Waals surface area contributed by atoms with Crippen molar-refractivity contribution in [3.8, 4) is 5.69 Å². The zero-order valence-electron chi connectivity index (χ0n) is 10.2. The first-order valence-electron chi connectivity index (χ1n) is 5.61. The lowest BCUT2D eigenvalue weighted by atomic mass is 10.2. The van der Waals surface area contributed by atoms with Crippen molar-refractivity contribution >= 4 is 11.6 Å². The summed E-state index contributed by atoms with van der Waals surface area (Å²) in [4.78, 5) is 11.8. The van der Waals surface area contributed by atoms with Gasteiger partial charge in [0.15, 0.2) is 0 Å². The monoisotopic (exact) mass is 263 g/mol. The van der Waals surface area contributed by atoms with Crippen LogP contribution in [0.15, 0.2) is 35.1 Å². The summed E-state index contributed by atoms with van der Waals surface area (Å²) in [5.74, 6) is 0. The van der Waals surface area contributed by atoms with E-state index in [-0.39, 0.29) is 5.43 Å². The van der Waals surface area contributed by atoms with Crippen LogP contribution in [0.5, 0.6) is 0 Å². The molecule has 0 aliphatic carbocycles. The Morgan fingerprint density at radius 1 is 1.39 bits per heavy atom. The Hall–Kier alpha value is -1.65. The molecule has 0 amide bonds. The summed E-state index contributed by atoms with van der Waals surface area (Å²) in [6, 6.07) is 8.42. The molecule has 1 unspecified atom stereocenters. The van der Waals surface area contributed by atoms with E-state index in [2.05, 4.69) is 5.10 Å². The van der Waals surface area contributed by atoms with Crippen molar-refractivity contribution in [3.05, 3.63) is 57.0 Å². The molecule has 1 aromatic heterocycles. The fraction of sp³-hybridized carbons (Fsp3) is 0.231. The predicted octanol–water partition coefficient (Wildman–Crippen LogP) is 2.21. The van der Waals surface area contributed by atoms with E-state index in [1.54, 1.807) is 23.7 Å². The molecule has 18 heavy (non-hydrogen) atoms. The molecule has 1 heterocycles. The quantitative estimate of drug-likeness (QED) is 0.904. The summed E-state index contributed by atoms with van der Waals surface area (Å²) >= 11 is 5.95. The second kappa shape index (κ2) is 4.92. The molecule has 2 rings (SSSR count). The van der Waals surface area contributed by atoms with Crippen molar-refractivity contribution < 1.29 is 0 Å². The van der Waals surface area contributed by atoms with Crippen LogP contribution in [0.2, 0.25) is 5.02 Å². The van der Waals surface area contributed by atoms with E-state index < -0.39 is 6.04 Å². The van der Waals surface area contributed by atoms with Crippen LogP contribution >= 0.6 is 11.6 Å². The molecule has 0 saturated carbocycles. The van der Waals surface area contributed by atoms with Gasteiger partial charge in [0, 0.05) is 22.8 Å². The lowest BCUT2D eigenvalue weighted by Crippen LogP contribution is -2.24. The van der Waals surface area contributed by atoms with E-state index in [9.17, 15) is 4.79 Å². The summed E-state index contributed by atoms with van der Waals surface area (Å²) in [6.07, 6.45) is 0. The number of benzene rings is 1. The first kappa shape index (κ1) is 12.8. The van der Waals surface area contributed by atoms with Gasteiger partial charge in [-0.05, 0) is 32.0 Å². The van der Waals surface area contributed by atoms with Crippen molar-refractivity contribution in [2.75, 3.05) is 0 Å². The first-order valence-corrected chi connectivity index (χ1v) is 5.99. The molecule has 0 spiro atoms. The third kappa shape index (κ3) is 2.44. The molecule has 2 N–H and O–H groups in total. The van der Waals surface area contributed by atoms with Gasteiger partial charge in [-0.25, -0.2) is 4.68 Å². The Morgan fingerprint density at radius 2 is 2.11 bits per heavy atom. The van der Waals surface area contributed by atoms with Crippen molar-refractivity contribution in [2.45, 2.75) is 19.9 Å². The van der Waals surface area contributed by atoms with Gasteiger partial charge in [0.05, 0.1) is 5.69 Å². The number of halogens is 1. The molecular weight excluding hydrogens is 250 g/mol. The van der Waals surface area contributed by atoms with Crippen molar-refractivity contribution in [1.82, 2.24) is 9.78 Å². The molecule has 0 fully saturated rings. The number of aromatic nitrogens is 2. The minimum Gasteiger partial charge on any atom is -0.323 e. The molecule has 0 saturated heterocycles. The summed E-state index contributed by atoms with van der Waals surface area (Å²) < 4.78 is 1.67. The van der Waals surface area contributed by atoms with Gasteiger partial charge >= 0.3 is 0 Å². The Balaban J connectivity index is 2.64. The molecule has 1 atom stereocenters. The SMILES string of the molecule is Cc1cc(=O)c(C(C)N)nn1-c1cccc(Cl)c1. The van der Waals surface area contributed by atoms with Crippen LogP contribution in [0, 0.1) is 6.92 Å². The number of hydrogen-bond donors (Lipinski definition) is 1. The third-order valence-corrected chi connectivity index (χ3v) is 2.85.